The van der Waals surface area contributed by atoms with Gasteiger partial charge < -0.3 is 15.0 Å². The number of halogens is 1. The van der Waals surface area contributed by atoms with E-state index in [1.54, 1.807) is 18.2 Å². The van der Waals surface area contributed by atoms with E-state index in [0.29, 0.717) is 5.69 Å². The number of anilines is 2. The van der Waals surface area contributed by atoms with Gasteiger partial charge in [0.15, 0.2) is 0 Å². The number of nitrogens with zero attached hydrogens (tertiary/aromatic N) is 1. The van der Waals surface area contributed by atoms with E-state index in [-0.39, 0.29) is 22.7 Å². The van der Waals surface area contributed by atoms with Crippen LogP contribution in [0.3, 0.4) is 0 Å². The molecule has 1 N–H and O–H groups in total. The SMILES string of the molecule is CCc1ccccc1NC(=O)CC(=O)N(C)c1cccc(Cl)c1C(=O)OC. The van der Waals surface area contributed by atoms with Gasteiger partial charge in [-0.25, -0.2) is 4.79 Å². The second-order valence-electron chi connectivity index (χ2n) is 5.81. The van der Waals surface area contributed by atoms with Crippen LogP contribution in [0.25, 0.3) is 0 Å². The van der Waals surface area contributed by atoms with E-state index in [1.807, 2.05) is 25.1 Å². The van der Waals surface area contributed by atoms with Gasteiger partial charge in [0, 0.05) is 12.7 Å². The third-order valence-corrected chi connectivity index (χ3v) is 4.42. The van der Waals surface area contributed by atoms with E-state index in [2.05, 4.69) is 5.32 Å². The van der Waals surface area contributed by atoms with Crippen molar-refractivity contribution in [2.45, 2.75) is 19.8 Å². The fraction of sp³-hybridized carbons (Fsp3) is 0.250. The van der Waals surface area contributed by atoms with Gasteiger partial charge in [-0.3, -0.25) is 9.59 Å². The number of ether oxygens (including phenoxy) is 1. The molecule has 0 fully saturated rings. The zero-order valence-corrected chi connectivity index (χ0v) is 16.2. The monoisotopic (exact) mass is 388 g/mol. The summed E-state index contributed by atoms with van der Waals surface area (Å²) in [5, 5.41) is 2.92. The van der Waals surface area contributed by atoms with E-state index < -0.39 is 17.8 Å². The lowest BCUT2D eigenvalue weighted by molar-refractivity contribution is -0.125. The summed E-state index contributed by atoms with van der Waals surface area (Å²) in [5.74, 6) is -1.57. The Morgan fingerprint density at radius 2 is 1.81 bits per heavy atom. The maximum atomic E-state index is 12.5. The number of methoxy groups -OCH3 is 1. The number of carbonyl (C=O) groups is 3. The van der Waals surface area contributed by atoms with Crippen molar-refractivity contribution >= 4 is 40.8 Å². The van der Waals surface area contributed by atoms with Crippen LogP contribution >= 0.6 is 11.6 Å². The molecule has 2 aromatic rings. The number of nitrogens with one attached hydrogen (secondary N) is 1. The van der Waals surface area contributed by atoms with Crippen molar-refractivity contribution in [3.05, 3.63) is 58.6 Å². The Hall–Kier alpha value is -2.86. The highest BCUT2D eigenvalue weighted by Gasteiger charge is 2.23. The summed E-state index contributed by atoms with van der Waals surface area (Å²) < 4.78 is 4.73. The topological polar surface area (TPSA) is 75.7 Å². The van der Waals surface area contributed by atoms with E-state index in [0.717, 1.165) is 12.0 Å². The first kappa shape index (κ1) is 20.5. The first-order valence-electron chi connectivity index (χ1n) is 8.40. The molecule has 0 atom stereocenters. The highest BCUT2D eigenvalue weighted by Crippen LogP contribution is 2.28. The second-order valence-corrected chi connectivity index (χ2v) is 6.22. The predicted molar refractivity (Wildman–Crippen MR) is 105 cm³/mol. The maximum Gasteiger partial charge on any atom is 0.341 e. The number of hydrogen-bond acceptors (Lipinski definition) is 4. The van der Waals surface area contributed by atoms with Crippen LogP contribution in [-0.4, -0.2) is 31.9 Å². The third-order valence-electron chi connectivity index (χ3n) is 4.10. The van der Waals surface area contributed by atoms with Crippen LogP contribution < -0.4 is 10.2 Å². The molecule has 0 bridgehead atoms. The van der Waals surface area contributed by atoms with E-state index in [4.69, 9.17) is 16.3 Å². The normalized spacial score (nSPS) is 10.2. The minimum absolute atomic E-state index is 0.0780. The highest BCUT2D eigenvalue weighted by molar-refractivity contribution is 6.34. The van der Waals surface area contributed by atoms with Crippen LogP contribution in [0, 0.1) is 0 Å². The molecule has 0 aliphatic heterocycles. The molecule has 0 unspecified atom stereocenters. The van der Waals surface area contributed by atoms with Crippen molar-refractivity contribution in [3.63, 3.8) is 0 Å². The average Bonchev–Trinajstić information content (AvgIpc) is 2.66. The second kappa shape index (κ2) is 9.19. The minimum Gasteiger partial charge on any atom is -0.465 e. The van der Waals surface area contributed by atoms with Crippen LogP contribution in [0.1, 0.15) is 29.3 Å². The van der Waals surface area contributed by atoms with E-state index >= 15 is 0 Å². The van der Waals surface area contributed by atoms with Crippen molar-refractivity contribution in [2.75, 3.05) is 24.4 Å². The number of esters is 1. The summed E-state index contributed by atoms with van der Waals surface area (Å²) >= 11 is 6.08. The minimum atomic E-state index is -0.656. The highest BCUT2D eigenvalue weighted by atomic mass is 35.5. The lowest BCUT2D eigenvalue weighted by atomic mass is 10.1. The predicted octanol–water partition coefficient (Wildman–Crippen LogP) is 3.68. The van der Waals surface area contributed by atoms with Crippen molar-refractivity contribution < 1.29 is 19.1 Å². The number of hydrogen-bond donors (Lipinski definition) is 1. The Balaban J connectivity index is 2.15. The Kier molecular flexibility index (Phi) is 6.96. The molecule has 0 aliphatic rings. The van der Waals surface area contributed by atoms with Crippen LogP contribution in [0.5, 0.6) is 0 Å². The summed E-state index contributed by atoms with van der Waals surface area (Å²) in [5.41, 5.74) is 2.02. The number of para-hydroxylation sites is 1. The molecule has 142 valence electrons. The molecule has 0 saturated carbocycles. The standard InChI is InChI=1S/C20H21ClN2O4/c1-4-13-8-5-6-10-15(13)22-17(24)12-18(25)23(2)16-11-7-9-14(21)19(16)20(26)27-3/h5-11H,4,12H2,1-3H3,(H,22,24). The van der Waals surface area contributed by atoms with Gasteiger partial charge in [-0.15, -0.1) is 0 Å². The van der Waals surface area contributed by atoms with Crippen molar-refractivity contribution in [2.24, 2.45) is 0 Å². The molecule has 6 nitrogen and oxygen atoms in total. The molecule has 0 radical (unpaired) electrons. The number of aryl methyl sites for hydroxylation is 1. The van der Waals surface area contributed by atoms with Gasteiger partial charge in [-0.05, 0) is 30.2 Å². The summed E-state index contributed by atoms with van der Waals surface area (Å²) in [6, 6.07) is 12.1. The molecule has 2 rings (SSSR count). The zero-order chi connectivity index (χ0) is 20.0. The van der Waals surface area contributed by atoms with Gasteiger partial charge in [0.05, 0.1) is 17.8 Å². The number of benzene rings is 2. The molecule has 0 saturated heterocycles. The number of carbonyl (C=O) groups excluding carboxylic acids is 3. The van der Waals surface area contributed by atoms with Gasteiger partial charge in [0.1, 0.15) is 12.0 Å². The fourth-order valence-electron chi connectivity index (χ4n) is 2.63. The molecule has 2 aromatic carbocycles. The van der Waals surface area contributed by atoms with Gasteiger partial charge in [-0.1, -0.05) is 42.8 Å². The van der Waals surface area contributed by atoms with Crippen molar-refractivity contribution in [1.82, 2.24) is 0 Å². The van der Waals surface area contributed by atoms with E-state index in [9.17, 15) is 14.4 Å². The molecular weight excluding hydrogens is 368 g/mol. The molecule has 2 amide bonds. The smallest absolute Gasteiger partial charge is 0.341 e. The molecule has 0 spiro atoms. The van der Waals surface area contributed by atoms with Crippen LogP contribution in [0.15, 0.2) is 42.5 Å². The van der Waals surface area contributed by atoms with Gasteiger partial charge in [0.2, 0.25) is 11.8 Å². The summed E-state index contributed by atoms with van der Waals surface area (Å²) in [4.78, 5) is 38.1. The molecule has 0 heterocycles. The average molecular weight is 389 g/mol. The van der Waals surface area contributed by atoms with Gasteiger partial charge >= 0.3 is 5.97 Å². The quantitative estimate of drug-likeness (QED) is 0.605. The fourth-order valence-corrected chi connectivity index (χ4v) is 2.88. The number of amides is 2. The summed E-state index contributed by atoms with van der Waals surface area (Å²) in [6.45, 7) is 1.98. The maximum absolute atomic E-state index is 12.5. The largest absolute Gasteiger partial charge is 0.465 e. The first-order chi connectivity index (χ1) is 12.9. The van der Waals surface area contributed by atoms with Crippen molar-refractivity contribution in [3.8, 4) is 0 Å². The molecule has 27 heavy (non-hydrogen) atoms. The summed E-state index contributed by atoms with van der Waals surface area (Å²) in [7, 11) is 2.71. The lowest BCUT2D eigenvalue weighted by Gasteiger charge is -2.20. The Morgan fingerprint density at radius 1 is 1.11 bits per heavy atom. The Bertz CT molecular complexity index is 867. The molecular formula is C20H21ClN2O4. The van der Waals surface area contributed by atoms with Crippen LogP contribution in [-0.2, 0) is 20.7 Å². The third kappa shape index (κ3) is 4.86. The Morgan fingerprint density at radius 3 is 2.48 bits per heavy atom. The summed E-state index contributed by atoms with van der Waals surface area (Å²) in [6.07, 6.45) is 0.386. The number of rotatable bonds is 6. The molecule has 7 heteroatoms. The molecule has 0 aliphatic carbocycles. The zero-order valence-electron chi connectivity index (χ0n) is 15.4. The van der Waals surface area contributed by atoms with Crippen LogP contribution in [0.2, 0.25) is 5.02 Å². The van der Waals surface area contributed by atoms with Crippen molar-refractivity contribution in [1.29, 1.82) is 0 Å². The van der Waals surface area contributed by atoms with E-state index in [1.165, 1.54) is 25.1 Å². The first-order valence-corrected chi connectivity index (χ1v) is 8.78. The molecule has 0 aromatic heterocycles. The van der Waals surface area contributed by atoms with Gasteiger partial charge in [-0.2, -0.15) is 0 Å². The Labute approximate surface area is 163 Å². The van der Waals surface area contributed by atoms with Gasteiger partial charge in [0.25, 0.3) is 0 Å². The lowest BCUT2D eigenvalue weighted by Crippen LogP contribution is -2.31. The van der Waals surface area contributed by atoms with Crippen LogP contribution in [0.4, 0.5) is 11.4 Å².